The van der Waals surface area contributed by atoms with Crippen molar-refractivity contribution in [2.45, 2.75) is 76.2 Å². The topological polar surface area (TPSA) is 181 Å². The van der Waals surface area contributed by atoms with Gasteiger partial charge < -0.3 is 22.6 Å². The molecule has 0 radical (unpaired) electrons. The average Bonchev–Trinajstić information content (AvgIpc) is 2.87. The number of ether oxygens (including phenoxy) is 3. The molecular formula is C26H45BrClNaO12S3. The summed E-state index contributed by atoms with van der Waals surface area (Å²) in [6.07, 6.45) is 14.2. The second-order valence-electron chi connectivity index (χ2n) is 8.06. The van der Waals surface area contributed by atoms with Crippen LogP contribution in [0.15, 0.2) is 0 Å². The molecule has 254 valence electrons. The van der Waals surface area contributed by atoms with Crippen LogP contribution >= 0.6 is 27.5 Å². The number of hydrogen-bond donors (Lipinski definition) is 0. The Morgan fingerprint density at radius 2 is 1.25 bits per heavy atom. The van der Waals surface area contributed by atoms with E-state index in [0.29, 0.717) is 6.61 Å². The first kappa shape index (κ1) is 55.5. The molecule has 0 aromatic heterocycles. The van der Waals surface area contributed by atoms with Crippen molar-refractivity contribution in [1.29, 1.82) is 0 Å². The summed E-state index contributed by atoms with van der Waals surface area (Å²) >= 11 is 8.50. The molecule has 0 amide bonds. The fourth-order valence-electron chi connectivity index (χ4n) is 1.78. The van der Waals surface area contributed by atoms with E-state index in [4.69, 9.17) is 37.6 Å². The zero-order valence-corrected chi connectivity index (χ0v) is 33.9. The first-order chi connectivity index (χ1) is 19.5. The molecule has 0 fully saturated rings. The van der Waals surface area contributed by atoms with Crippen LogP contribution < -0.4 is 29.6 Å². The first-order valence-corrected chi connectivity index (χ1v) is 19.4. The molecule has 3 unspecified atom stereocenters. The Labute approximate surface area is 301 Å². The number of halogens is 2. The van der Waals surface area contributed by atoms with Gasteiger partial charge in [-0.1, -0.05) is 32.9 Å². The van der Waals surface area contributed by atoms with Crippen molar-refractivity contribution < 1.29 is 83.4 Å². The number of alkyl halides is 2. The Balaban J connectivity index is -0.000000110. The number of hydrogen-bond acceptors (Lipinski definition) is 13. The number of esters is 3. The molecule has 0 rings (SSSR count). The number of sulfone groups is 2. The SMILES string of the molecule is C#CCCBr.C#CCCC(C)(C(=O)OCC)S(C)(=O)=O.CCOC(=O)C(C)Cl.CCOC(=O)C(C)S(C)(=O)=O.C[S-](=O)=O.[Na+]. The number of carbonyl (C=O) groups excluding carboxylic acids is 3. The maximum atomic E-state index is 11.5. The summed E-state index contributed by atoms with van der Waals surface area (Å²) in [6, 6.07) is 0. The Bertz CT molecular complexity index is 1170. The molecule has 0 spiro atoms. The first-order valence-electron chi connectivity index (χ1n) is 12.5. The van der Waals surface area contributed by atoms with E-state index in [-0.39, 0.29) is 61.6 Å². The van der Waals surface area contributed by atoms with E-state index in [9.17, 15) is 31.2 Å². The quantitative estimate of drug-likeness (QED) is 0.0698. The van der Waals surface area contributed by atoms with E-state index in [1.807, 2.05) is 0 Å². The van der Waals surface area contributed by atoms with Crippen LogP contribution in [0.2, 0.25) is 0 Å². The maximum absolute atomic E-state index is 11.5. The summed E-state index contributed by atoms with van der Waals surface area (Å²) in [5, 5.41) is -0.652. The van der Waals surface area contributed by atoms with Crippen molar-refractivity contribution in [3.8, 4) is 24.7 Å². The zero-order valence-electron chi connectivity index (χ0n) is 27.1. The van der Waals surface area contributed by atoms with Gasteiger partial charge in [0.1, 0.15) is 5.38 Å². The van der Waals surface area contributed by atoms with Crippen LogP contribution in [0.1, 0.15) is 60.8 Å². The van der Waals surface area contributed by atoms with Gasteiger partial charge in [-0.25, -0.2) is 16.8 Å². The number of carbonyl (C=O) groups is 3. The van der Waals surface area contributed by atoms with Gasteiger partial charge >= 0.3 is 47.5 Å². The van der Waals surface area contributed by atoms with Crippen LogP contribution in [0.3, 0.4) is 0 Å². The minimum Gasteiger partial charge on any atom is -0.465 e. The second kappa shape index (κ2) is 32.1. The molecule has 3 atom stereocenters. The molecule has 0 aliphatic carbocycles. The average molecular weight is 784 g/mol. The Morgan fingerprint density at radius 3 is 1.45 bits per heavy atom. The van der Waals surface area contributed by atoms with Gasteiger partial charge in [-0.15, -0.1) is 36.3 Å². The van der Waals surface area contributed by atoms with Gasteiger partial charge in [0.2, 0.25) is 0 Å². The van der Waals surface area contributed by atoms with Gasteiger partial charge in [0.05, 0.1) is 19.8 Å². The van der Waals surface area contributed by atoms with Crippen LogP contribution in [0.5, 0.6) is 0 Å². The minimum atomic E-state index is -3.53. The molecule has 0 saturated heterocycles. The molecule has 0 aromatic rings. The summed E-state index contributed by atoms with van der Waals surface area (Å²) < 4.78 is 74.8. The van der Waals surface area contributed by atoms with E-state index in [1.165, 1.54) is 13.8 Å². The minimum absolute atomic E-state index is 0. The molecular weight excluding hydrogens is 739 g/mol. The van der Waals surface area contributed by atoms with Gasteiger partial charge in [0.25, 0.3) is 0 Å². The molecule has 0 saturated carbocycles. The predicted molar refractivity (Wildman–Crippen MR) is 173 cm³/mol. The van der Waals surface area contributed by atoms with Crippen molar-refractivity contribution >= 4 is 75.8 Å². The van der Waals surface area contributed by atoms with Gasteiger partial charge in [-0.05, 0) is 48.0 Å². The molecule has 0 N–H and O–H groups in total. The van der Waals surface area contributed by atoms with Crippen LogP contribution in [0, 0.1) is 24.7 Å². The van der Waals surface area contributed by atoms with Crippen LogP contribution in [-0.2, 0) is 67.4 Å². The fraction of sp³-hybridized carbons (Fsp3) is 0.731. The normalized spacial score (nSPS) is 12.5. The Hall–Kier alpha value is -0.850. The number of rotatable bonds is 11. The zero-order chi connectivity index (χ0) is 35.4. The molecule has 0 aromatic carbocycles. The summed E-state index contributed by atoms with van der Waals surface area (Å²) in [5.41, 5.74) is 0. The molecule has 18 heteroatoms. The van der Waals surface area contributed by atoms with Crippen LogP contribution in [0.4, 0.5) is 0 Å². The van der Waals surface area contributed by atoms with Gasteiger partial charge in [-0.3, -0.25) is 14.4 Å². The van der Waals surface area contributed by atoms with E-state index in [1.54, 1.807) is 27.7 Å². The summed E-state index contributed by atoms with van der Waals surface area (Å²) in [4.78, 5) is 32.7. The van der Waals surface area contributed by atoms with Gasteiger partial charge in [0.15, 0.2) is 29.7 Å². The van der Waals surface area contributed by atoms with Gasteiger partial charge in [0, 0.05) is 30.7 Å². The monoisotopic (exact) mass is 782 g/mol. The Kier molecular flexibility index (Phi) is 40.5. The predicted octanol–water partition coefficient (Wildman–Crippen LogP) is 0.260. The van der Waals surface area contributed by atoms with Crippen molar-refractivity contribution in [3.05, 3.63) is 0 Å². The molecule has 12 nitrogen and oxygen atoms in total. The molecule has 0 heterocycles. The van der Waals surface area contributed by atoms with Crippen molar-refractivity contribution in [2.24, 2.45) is 0 Å². The van der Waals surface area contributed by atoms with Crippen molar-refractivity contribution in [2.75, 3.05) is 43.9 Å². The van der Waals surface area contributed by atoms with Crippen LogP contribution in [-0.4, -0.2) is 94.0 Å². The molecule has 0 aliphatic rings. The largest absolute Gasteiger partial charge is 1.00 e. The Morgan fingerprint density at radius 1 is 0.886 bits per heavy atom. The third-order valence-corrected chi connectivity index (χ3v) is 8.44. The number of terminal acetylenes is 2. The van der Waals surface area contributed by atoms with Gasteiger partial charge in [-0.2, -0.15) is 0 Å². The summed E-state index contributed by atoms with van der Waals surface area (Å²) in [7, 11) is -8.69. The molecule has 0 aliphatic heterocycles. The second-order valence-corrected chi connectivity index (χ2v) is 15.1. The van der Waals surface area contributed by atoms with Crippen molar-refractivity contribution in [3.63, 3.8) is 0 Å². The summed E-state index contributed by atoms with van der Waals surface area (Å²) in [5.74, 6) is 3.02. The van der Waals surface area contributed by atoms with Crippen LogP contribution in [0.25, 0.3) is 0 Å². The fourth-order valence-corrected chi connectivity index (χ4v) is 3.32. The third kappa shape index (κ3) is 34.0. The standard InChI is InChI=1S/C10H16O4S.C6H12O4S.C5H9ClO2.C4H5Br.CH3O2S.Na/c1-5-7-8-10(3,15(4,12)13)9(11)14-6-2;1-4-10-6(7)5(2)11(3,8)9;1-3-8-5(7)4(2)6;1-2-3-4-5;1-4(2)3;/h1H,6-8H2,2-4H3;5H,4H2,1-3H3;4H,3H2,1-2H3;1H,3-4H2;1H3;/q;;;;-1;+1. The maximum Gasteiger partial charge on any atom is 1.00 e. The third-order valence-electron chi connectivity index (χ3n) is 4.38. The summed E-state index contributed by atoms with van der Waals surface area (Å²) in [6.45, 7) is 10.0. The molecule has 44 heavy (non-hydrogen) atoms. The van der Waals surface area contributed by atoms with E-state index < -0.39 is 57.7 Å². The smallest absolute Gasteiger partial charge is 0.465 e. The van der Waals surface area contributed by atoms with E-state index in [0.717, 1.165) is 30.5 Å². The van der Waals surface area contributed by atoms with E-state index >= 15 is 0 Å². The molecule has 0 bridgehead atoms. The van der Waals surface area contributed by atoms with E-state index in [2.05, 4.69) is 37.2 Å². The van der Waals surface area contributed by atoms with Crippen molar-refractivity contribution in [1.82, 2.24) is 0 Å².